The number of hydrogen-bond acceptors (Lipinski definition) is 0. The average Bonchev–Trinajstić information content (AvgIpc) is 2.50. The lowest BCUT2D eigenvalue weighted by atomic mass is 9.88. The maximum atomic E-state index is 3.66. The zero-order valence-corrected chi connectivity index (χ0v) is 10.1. The first-order valence-electron chi connectivity index (χ1n) is 6.91. The summed E-state index contributed by atoms with van der Waals surface area (Å²) in [5, 5.41) is 0. The lowest BCUT2D eigenvalue weighted by Gasteiger charge is -2.17. The number of hydrogen-bond donors (Lipinski definition) is 0. The minimum Gasteiger partial charge on any atom is -0.0527 e. The molecular weight excluding hydrogens is 192 g/mol. The van der Waals surface area contributed by atoms with Crippen molar-refractivity contribution in [2.75, 3.05) is 0 Å². The Bertz CT molecular complexity index is 376. The van der Waals surface area contributed by atoms with Crippen molar-refractivity contribution in [2.24, 2.45) is 0 Å². The maximum absolute atomic E-state index is 3.66. The Hall–Kier alpha value is -0.780. The van der Waals surface area contributed by atoms with Gasteiger partial charge in [-0.1, -0.05) is 12.8 Å². The Morgan fingerprint density at radius 2 is 1.12 bits per heavy atom. The van der Waals surface area contributed by atoms with E-state index in [1.807, 2.05) is 0 Å². The molecule has 0 heteroatoms. The van der Waals surface area contributed by atoms with Crippen molar-refractivity contribution in [3.63, 3.8) is 0 Å². The zero-order chi connectivity index (χ0) is 10.8. The molecule has 2 bridgehead atoms. The summed E-state index contributed by atoms with van der Waals surface area (Å²) in [6.45, 7) is 0. The second kappa shape index (κ2) is 4.61. The molecule has 1 aromatic carbocycles. The smallest absolute Gasteiger partial charge is 0.0105 e. The molecule has 16 heavy (non-hydrogen) atoms. The van der Waals surface area contributed by atoms with Gasteiger partial charge in [-0.25, -0.2) is 0 Å². The van der Waals surface area contributed by atoms with Crippen LogP contribution >= 0.6 is 0 Å². The highest BCUT2D eigenvalue weighted by Crippen LogP contribution is 2.28. The zero-order valence-electron chi connectivity index (χ0n) is 10.1. The van der Waals surface area contributed by atoms with Crippen LogP contribution in [0.4, 0.5) is 0 Å². The first kappa shape index (κ1) is 10.4. The third kappa shape index (κ3) is 2.03. The first-order chi connectivity index (χ1) is 7.93. The molecule has 0 unspecified atom stereocenters. The molecule has 0 aromatic heterocycles. The lowest BCUT2D eigenvalue weighted by Crippen LogP contribution is -2.05. The molecule has 0 saturated carbocycles. The van der Waals surface area contributed by atoms with Gasteiger partial charge in [-0.3, -0.25) is 0 Å². The summed E-state index contributed by atoms with van der Waals surface area (Å²) in [4.78, 5) is 0. The van der Waals surface area contributed by atoms with Crippen molar-refractivity contribution in [3.8, 4) is 0 Å². The van der Waals surface area contributed by atoms with E-state index in [4.69, 9.17) is 0 Å². The Balaban J connectivity index is 2.04. The van der Waals surface area contributed by atoms with Crippen molar-refractivity contribution < 1.29 is 0 Å². The molecule has 2 radical (unpaired) electrons. The minimum atomic E-state index is 1.21. The van der Waals surface area contributed by atoms with Crippen LogP contribution in [0, 0.1) is 12.1 Å². The van der Waals surface area contributed by atoms with Crippen LogP contribution in [0.2, 0.25) is 0 Å². The van der Waals surface area contributed by atoms with Gasteiger partial charge in [0.2, 0.25) is 0 Å². The van der Waals surface area contributed by atoms with E-state index in [9.17, 15) is 0 Å². The summed E-state index contributed by atoms with van der Waals surface area (Å²) >= 11 is 0. The van der Waals surface area contributed by atoms with Crippen LogP contribution in [0.3, 0.4) is 0 Å². The van der Waals surface area contributed by atoms with E-state index in [0.29, 0.717) is 0 Å². The van der Waals surface area contributed by atoms with Gasteiger partial charge in [-0.15, -0.1) is 0 Å². The summed E-state index contributed by atoms with van der Waals surface area (Å²) < 4.78 is 0. The van der Waals surface area contributed by atoms with Crippen LogP contribution < -0.4 is 0 Å². The van der Waals surface area contributed by atoms with Crippen LogP contribution in [-0.2, 0) is 25.7 Å². The van der Waals surface area contributed by atoms with Crippen molar-refractivity contribution in [1.29, 1.82) is 0 Å². The molecule has 0 heterocycles. The quantitative estimate of drug-likeness (QED) is 0.573. The predicted molar refractivity (Wildman–Crippen MR) is 66.6 cm³/mol. The molecule has 0 aliphatic heterocycles. The van der Waals surface area contributed by atoms with Crippen LogP contribution in [0.15, 0.2) is 0 Å². The van der Waals surface area contributed by atoms with Gasteiger partial charge in [0.05, 0.1) is 0 Å². The fourth-order valence-electron chi connectivity index (χ4n) is 3.14. The largest absolute Gasteiger partial charge is 0.0527 e. The van der Waals surface area contributed by atoms with E-state index in [1.54, 1.807) is 16.7 Å². The summed E-state index contributed by atoms with van der Waals surface area (Å²) in [5.74, 6) is 0. The van der Waals surface area contributed by atoms with Gasteiger partial charge >= 0.3 is 0 Å². The SMILES string of the molecule is [c]1c2[c]c3c(c1CCCCC2)CCCCC3. The Morgan fingerprint density at radius 1 is 0.562 bits per heavy atom. The van der Waals surface area contributed by atoms with Crippen LogP contribution in [0.1, 0.15) is 60.8 Å². The second-order valence-electron chi connectivity index (χ2n) is 5.29. The molecule has 0 nitrogen and oxygen atoms in total. The van der Waals surface area contributed by atoms with Gasteiger partial charge in [0.25, 0.3) is 0 Å². The average molecular weight is 212 g/mol. The van der Waals surface area contributed by atoms with E-state index in [0.717, 1.165) is 0 Å². The topological polar surface area (TPSA) is 0 Å². The van der Waals surface area contributed by atoms with Crippen molar-refractivity contribution in [3.05, 3.63) is 34.4 Å². The number of benzene rings is 1. The third-order valence-electron chi connectivity index (χ3n) is 4.04. The van der Waals surface area contributed by atoms with Crippen LogP contribution in [0.25, 0.3) is 0 Å². The molecule has 2 aliphatic carbocycles. The summed E-state index contributed by atoms with van der Waals surface area (Å²) in [5.41, 5.74) is 6.09. The lowest BCUT2D eigenvalue weighted by molar-refractivity contribution is 0.658. The normalized spacial score (nSPS) is 20.5. The van der Waals surface area contributed by atoms with Gasteiger partial charge in [0.15, 0.2) is 0 Å². The number of aryl methyl sites for hydroxylation is 3. The Labute approximate surface area is 99.1 Å². The van der Waals surface area contributed by atoms with Crippen molar-refractivity contribution >= 4 is 0 Å². The molecule has 0 N–H and O–H groups in total. The fraction of sp³-hybridized carbons (Fsp3) is 0.625. The van der Waals surface area contributed by atoms with Crippen LogP contribution in [-0.4, -0.2) is 0 Å². The Kier molecular flexibility index (Phi) is 2.99. The van der Waals surface area contributed by atoms with Gasteiger partial charge < -0.3 is 0 Å². The van der Waals surface area contributed by atoms with E-state index >= 15 is 0 Å². The molecule has 3 rings (SSSR count). The summed E-state index contributed by atoms with van der Waals surface area (Å²) in [6.07, 6.45) is 13.3. The first-order valence-corrected chi connectivity index (χ1v) is 6.91. The monoisotopic (exact) mass is 212 g/mol. The van der Waals surface area contributed by atoms with E-state index in [-0.39, 0.29) is 0 Å². The molecule has 0 fully saturated rings. The van der Waals surface area contributed by atoms with E-state index in [2.05, 4.69) is 12.1 Å². The van der Waals surface area contributed by atoms with Crippen molar-refractivity contribution in [2.45, 2.75) is 64.2 Å². The minimum absolute atomic E-state index is 1.21. The molecule has 0 atom stereocenters. The maximum Gasteiger partial charge on any atom is -0.0105 e. The third-order valence-corrected chi connectivity index (χ3v) is 4.04. The number of rotatable bonds is 0. The molecule has 2 aliphatic rings. The number of fused-ring (bicyclic) bond motifs is 4. The second-order valence-corrected chi connectivity index (χ2v) is 5.29. The molecule has 0 amide bonds. The van der Waals surface area contributed by atoms with Crippen molar-refractivity contribution in [1.82, 2.24) is 0 Å². The molecule has 0 spiro atoms. The van der Waals surface area contributed by atoms with Gasteiger partial charge in [-0.2, -0.15) is 0 Å². The fourth-order valence-corrected chi connectivity index (χ4v) is 3.14. The van der Waals surface area contributed by atoms with E-state index in [1.165, 1.54) is 69.8 Å². The molecule has 1 aromatic rings. The standard InChI is InChI=1S/C16H20/c1-3-7-13-11-14(8-4-1)16-10-6-2-5-9-15(16)12-13/h1-10H2. The highest BCUT2D eigenvalue weighted by Gasteiger charge is 2.15. The van der Waals surface area contributed by atoms with Gasteiger partial charge in [-0.05, 0) is 85.8 Å². The van der Waals surface area contributed by atoms with E-state index < -0.39 is 0 Å². The molecular formula is C16H20. The summed E-state index contributed by atoms with van der Waals surface area (Å²) in [7, 11) is 0. The van der Waals surface area contributed by atoms with Gasteiger partial charge in [0, 0.05) is 0 Å². The predicted octanol–water partition coefficient (Wildman–Crippen LogP) is 3.82. The highest BCUT2D eigenvalue weighted by molar-refractivity contribution is 5.39. The Morgan fingerprint density at radius 3 is 1.81 bits per heavy atom. The van der Waals surface area contributed by atoms with Crippen LogP contribution in [0.5, 0.6) is 0 Å². The molecule has 0 saturated heterocycles. The summed E-state index contributed by atoms with van der Waals surface area (Å²) in [6, 6.07) is 7.31. The highest BCUT2D eigenvalue weighted by atomic mass is 14.2. The van der Waals surface area contributed by atoms with Gasteiger partial charge in [0.1, 0.15) is 0 Å². The molecule has 84 valence electrons.